The minimum atomic E-state index is -3.47. The molecule has 0 bridgehead atoms. The Labute approximate surface area is 101 Å². The molecule has 0 fully saturated rings. The molecule has 1 N–H and O–H groups in total. The van der Waals surface area contributed by atoms with E-state index in [9.17, 15) is 8.42 Å². The third-order valence-corrected chi connectivity index (χ3v) is 5.59. The van der Waals surface area contributed by atoms with Gasteiger partial charge in [0.2, 0.25) is 10.0 Å². The molecule has 0 aromatic carbocycles. The second-order valence-corrected chi connectivity index (χ2v) is 6.53. The molecule has 0 unspecified atom stereocenters. The fourth-order valence-electron chi connectivity index (χ4n) is 1.61. The van der Waals surface area contributed by atoms with Crippen LogP contribution in [0.4, 0.5) is 0 Å². The molecule has 0 aliphatic rings. The Kier molecular flexibility index (Phi) is 4.49. The standard InChI is InChI=1S/C10H17NO3S2/c1-4-11(8(2)3)16(13,14)10-5-6-15-9(10)7-12/h5-6,8,12H,4,7H2,1-3H3. The minimum Gasteiger partial charge on any atom is -0.391 e. The summed E-state index contributed by atoms with van der Waals surface area (Å²) < 4.78 is 26.0. The van der Waals surface area contributed by atoms with Crippen LogP contribution < -0.4 is 0 Å². The van der Waals surface area contributed by atoms with Gasteiger partial charge in [0.05, 0.1) is 11.5 Å². The van der Waals surface area contributed by atoms with Gasteiger partial charge < -0.3 is 5.11 Å². The second-order valence-electron chi connectivity index (χ2n) is 3.67. The number of aliphatic hydroxyl groups is 1. The van der Waals surface area contributed by atoms with E-state index in [1.165, 1.54) is 15.6 Å². The first-order valence-corrected chi connectivity index (χ1v) is 7.46. The molecule has 1 aromatic heterocycles. The van der Waals surface area contributed by atoms with Gasteiger partial charge in [0, 0.05) is 17.5 Å². The number of rotatable bonds is 5. The van der Waals surface area contributed by atoms with E-state index in [4.69, 9.17) is 5.11 Å². The third-order valence-electron chi connectivity index (χ3n) is 2.32. The smallest absolute Gasteiger partial charge is 0.244 e. The number of sulfonamides is 1. The van der Waals surface area contributed by atoms with Crippen LogP contribution in [0.15, 0.2) is 16.3 Å². The maximum absolute atomic E-state index is 12.3. The van der Waals surface area contributed by atoms with E-state index in [0.717, 1.165) is 0 Å². The Bertz CT molecular complexity index is 437. The molecule has 0 radical (unpaired) electrons. The molecule has 1 heterocycles. The Hall–Kier alpha value is -0.430. The van der Waals surface area contributed by atoms with Gasteiger partial charge in [0.25, 0.3) is 0 Å². The van der Waals surface area contributed by atoms with Crippen molar-refractivity contribution in [2.75, 3.05) is 6.54 Å². The number of aliphatic hydroxyl groups excluding tert-OH is 1. The number of thiophene rings is 1. The van der Waals surface area contributed by atoms with Crippen molar-refractivity contribution in [2.24, 2.45) is 0 Å². The molecule has 0 saturated carbocycles. The monoisotopic (exact) mass is 263 g/mol. The first kappa shape index (κ1) is 13.6. The highest BCUT2D eigenvalue weighted by molar-refractivity contribution is 7.89. The summed E-state index contributed by atoms with van der Waals surface area (Å²) in [6.07, 6.45) is 0. The predicted octanol–water partition coefficient (Wildman–Crippen LogP) is 1.66. The summed E-state index contributed by atoms with van der Waals surface area (Å²) in [5.41, 5.74) is 0. The van der Waals surface area contributed by atoms with Crippen LogP contribution in [0, 0.1) is 0 Å². The van der Waals surface area contributed by atoms with Gasteiger partial charge >= 0.3 is 0 Å². The van der Waals surface area contributed by atoms with Crippen LogP contribution in [0.25, 0.3) is 0 Å². The van der Waals surface area contributed by atoms with E-state index in [1.54, 1.807) is 11.4 Å². The zero-order chi connectivity index (χ0) is 12.3. The van der Waals surface area contributed by atoms with Gasteiger partial charge in [-0.3, -0.25) is 0 Å². The summed E-state index contributed by atoms with van der Waals surface area (Å²) in [6, 6.07) is 1.47. The van der Waals surface area contributed by atoms with Crippen LogP contribution in [0.5, 0.6) is 0 Å². The van der Waals surface area contributed by atoms with Crippen molar-refractivity contribution in [3.63, 3.8) is 0 Å². The first-order valence-electron chi connectivity index (χ1n) is 5.14. The molecule has 0 atom stereocenters. The van der Waals surface area contributed by atoms with Crippen molar-refractivity contribution >= 4 is 21.4 Å². The molecular formula is C10H17NO3S2. The summed E-state index contributed by atoms with van der Waals surface area (Å²) in [5.74, 6) is 0. The fourth-order valence-corrected chi connectivity index (χ4v) is 4.53. The summed E-state index contributed by atoms with van der Waals surface area (Å²) in [7, 11) is -3.47. The molecule has 6 heteroatoms. The van der Waals surface area contributed by atoms with Gasteiger partial charge in [-0.05, 0) is 25.3 Å². The second kappa shape index (κ2) is 5.27. The normalized spacial score (nSPS) is 12.6. The highest BCUT2D eigenvalue weighted by Crippen LogP contribution is 2.26. The van der Waals surface area contributed by atoms with Gasteiger partial charge in [0.1, 0.15) is 0 Å². The quantitative estimate of drug-likeness (QED) is 0.879. The molecule has 0 amide bonds. The molecule has 0 aliphatic heterocycles. The molecule has 1 aromatic rings. The molecular weight excluding hydrogens is 246 g/mol. The van der Waals surface area contributed by atoms with Gasteiger partial charge in [-0.25, -0.2) is 8.42 Å². The van der Waals surface area contributed by atoms with Crippen molar-refractivity contribution in [2.45, 2.75) is 38.3 Å². The van der Waals surface area contributed by atoms with Gasteiger partial charge in [-0.2, -0.15) is 4.31 Å². The maximum atomic E-state index is 12.3. The lowest BCUT2D eigenvalue weighted by molar-refractivity contribution is 0.282. The van der Waals surface area contributed by atoms with Crippen molar-refractivity contribution in [1.29, 1.82) is 0 Å². The zero-order valence-corrected chi connectivity index (χ0v) is 11.3. The van der Waals surface area contributed by atoms with Crippen molar-refractivity contribution in [1.82, 2.24) is 4.31 Å². The summed E-state index contributed by atoms with van der Waals surface area (Å²) >= 11 is 1.26. The molecule has 0 spiro atoms. The topological polar surface area (TPSA) is 57.6 Å². The predicted molar refractivity (Wildman–Crippen MR) is 64.9 cm³/mol. The lowest BCUT2D eigenvalue weighted by Gasteiger charge is -2.24. The Morgan fingerprint density at radius 2 is 2.12 bits per heavy atom. The van der Waals surface area contributed by atoms with Crippen molar-refractivity contribution < 1.29 is 13.5 Å². The molecule has 92 valence electrons. The number of nitrogens with zero attached hydrogens (tertiary/aromatic N) is 1. The summed E-state index contributed by atoms with van der Waals surface area (Å²) in [6.45, 7) is 5.68. The molecule has 1 rings (SSSR count). The zero-order valence-electron chi connectivity index (χ0n) is 9.67. The van der Waals surface area contributed by atoms with Gasteiger partial charge in [-0.15, -0.1) is 11.3 Å². The largest absolute Gasteiger partial charge is 0.391 e. The molecule has 0 aliphatic carbocycles. The Balaban J connectivity index is 3.20. The molecule has 16 heavy (non-hydrogen) atoms. The van der Waals surface area contributed by atoms with E-state index in [2.05, 4.69) is 0 Å². The molecule has 4 nitrogen and oxygen atoms in total. The minimum absolute atomic E-state index is 0.0820. The van der Waals surface area contributed by atoms with Crippen LogP contribution in [0.3, 0.4) is 0 Å². The van der Waals surface area contributed by atoms with E-state index in [1.807, 2.05) is 20.8 Å². The lowest BCUT2D eigenvalue weighted by atomic mass is 10.4. The molecule has 0 saturated heterocycles. The SMILES string of the molecule is CCN(C(C)C)S(=O)(=O)c1ccsc1CO. The lowest BCUT2D eigenvalue weighted by Crippen LogP contribution is -2.36. The average Bonchev–Trinajstić information content (AvgIpc) is 2.65. The van der Waals surface area contributed by atoms with Crippen molar-refractivity contribution in [3.05, 3.63) is 16.3 Å². The van der Waals surface area contributed by atoms with E-state index in [-0.39, 0.29) is 17.5 Å². The average molecular weight is 263 g/mol. The summed E-state index contributed by atoms with van der Waals surface area (Å²) in [4.78, 5) is 0.731. The fraction of sp³-hybridized carbons (Fsp3) is 0.600. The van der Waals surface area contributed by atoms with Crippen LogP contribution in [0.2, 0.25) is 0 Å². The highest BCUT2D eigenvalue weighted by atomic mass is 32.2. The Morgan fingerprint density at radius 1 is 1.50 bits per heavy atom. The third kappa shape index (κ3) is 2.45. The van der Waals surface area contributed by atoms with E-state index < -0.39 is 10.0 Å². The van der Waals surface area contributed by atoms with Crippen LogP contribution in [-0.4, -0.2) is 30.4 Å². The Morgan fingerprint density at radius 3 is 2.56 bits per heavy atom. The van der Waals surface area contributed by atoms with Crippen LogP contribution in [-0.2, 0) is 16.6 Å². The van der Waals surface area contributed by atoms with E-state index in [0.29, 0.717) is 11.4 Å². The van der Waals surface area contributed by atoms with Gasteiger partial charge in [-0.1, -0.05) is 6.92 Å². The van der Waals surface area contributed by atoms with Crippen molar-refractivity contribution in [3.8, 4) is 0 Å². The maximum Gasteiger partial charge on any atom is 0.244 e. The van der Waals surface area contributed by atoms with E-state index >= 15 is 0 Å². The van der Waals surface area contributed by atoms with Crippen LogP contribution >= 0.6 is 11.3 Å². The van der Waals surface area contributed by atoms with Gasteiger partial charge in [0.15, 0.2) is 0 Å². The van der Waals surface area contributed by atoms with Crippen LogP contribution in [0.1, 0.15) is 25.6 Å². The number of hydrogen-bond acceptors (Lipinski definition) is 4. The first-order chi connectivity index (χ1) is 7.45. The summed E-state index contributed by atoms with van der Waals surface area (Å²) in [5, 5.41) is 10.8. The highest BCUT2D eigenvalue weighted by Gasteiger charge is 2.28. The number of hydrogen-bond donors (Lipinski definition) is 1.